The fourth-order valence-electron chi connectivity index (χ4n) is 5.97. The molecule has 0 heterocycles. The fourth-order valence-corrected chi connectivity index (χ4v) is 7.84. The van der Waals surface area contributed by atoms with E-state index in [0.717, 1.165) is 49.7 Å². The molecule has 0 saturated carbocycles. The van der Waals surface area contributed by atoms with Gasteiger partial charge in [-0.05, 0) is 51.0 Å². The SMILES string of the molecule is CCCCCCCCCC[C@H](COS(=O)(=O)c1ccc(C)cc1)OCCOCCO[C@H](CCCCCCCCCC)COS(=O)(=O)c1ccc(C)cc1. The Balaban J connectivity index is 1.81. The lowest BCUT2D eigenvalue weighted by molar-refractivity contribution is -0.0438. The largest absolute Gasteiger partial charge is 0.377 e. The Morgan fingerprint density at radius 2 is 0.774 bits per heavy atom. The number of unbranched alkanes of at least 4 members (excludes halogenated alkanes) is 14. The van der Waals surface area contributed by atoms with Gasteiger partial charge in [0.15, 0.2) is 0 Å². The molecule has 0 N–H and O–H groups in total. The molecule has 2 aromatic rings. The zero-order valence-electron chi connectivity index (χ0n) is 33.2. The van der Waals surface area contributed by atoms with E-state index in [1.54, 1.807) is 48.5 Å². The van der Waals surface area contributed by atoms with Crippen LogP contribution in [0.3, 0.4) is 0 Å². The highest BCUT2D eigenvalue weighted by atomic mass is 32.2. The molecule has 0 radical (unpaired) electrons. The Kier molecular flexibility index (Phi) is 25.5. The Morgan fingerprint density at radius 1 is 0.453 bits per heavy atom. The maximum Gasteiger partial charge on any atom is 0.297 e. The molecular formula is C42H70O9S2. The molecule has 0 amide bonds. The topological polar surface area (TPSA) is 114 Å². The first-order chi connectivity index (χ1) is 25.6. The van der Waals surface area contributed by atoms with Crippen molar-refractivity contribution < 1.29 is 39.4 Å². The molecule has 0 aliphatic carbocycles. The summed E-state index contributed by atoms with van der Waals surface area (Å²) in [6.45, 7) is 9.33. The number of hydrogen-bond acceptors (Lipinski definition) is 9. The van der Waals surface area contributed by atoms with Gasteiger partial charge in [-0.15, -0.1) is 0 Å². The Morgan fingerprint density at radius 3 is 1.11 bits per heavy atom. The molecule has 53 heavy (non-hydrogen) atoms. The molecule has 0 fully saturated rings. The van der Waals surface area contributed by atoms with E-state index in [4.69, 9.17) is 22.6 Å². The maximum atomic E-state index is 12.8. The molecule has 2 rings (SSSR count). The van der Waals surface area contributed by atoms with Crippen molar-refractivity contribution in [3.8, 4) is 0 Å². The van der Waals surface area contributed by atoms with Crippen LogP contribution >= 0.6 is 0 Å². The Labute approximate surface area is 323 Å². The molecule has 0 saturated heterocycles. The van der Waals surface area contributed by atoms with Gasteiger partial charge in [-0.25, -0.2) is 0 Å². The monoisotopic (exact) mass is 782 g/mol. The van der Waals surface area contributed by atoms with Gasteiger partial charge < -0.3 is 14.2 Å². The predicted molar refractivity (Wildman–Crippen MR) is 213 cm³/mol. The van der Waals surface area contributed by atoms with E-state index in [-0.39, 0.29) is 48.4 Å². The molecule has 2 aromatic carbocycles. The minimum absolute atomic E-state index is 0.0538. The predicted octanol–water partition coefficient (Wildman–Crippen LogP) is 10.3. The third-order valence-corrected chi connectivity index (χ3v) is 12.0. The van der Waals surface area contributed by atoms with Crippen LogP contribution in [0.2, 0.25) is 0 Å². The molecule has 304 valence electrons. The van der Waals surface area contributed by atoms with Crippen LogP contribution in [0.4, 0.5) is 0 Å². The van der Waals surface area contributed by atoms with Crippen LogP contribution in [0, 0.1) is 13.8 Å². The first-order valence-corrected chi connectivity index (χ1v) is 23.1. The Bertz CT molecular complexity index is 1290. The number of rotatable bonds is 34. The zero-order chi connectivity index (χ0) is 38.6. The van der Waals surface area contributed by atoms with Gasteiger partial charge in [0.25, 0.3) is 20.2 Å². The number of benzene rings is 2. The first-order valence-electron chi connectivity index (χ1n) is 20.3. The summed E-state index contributed by atoms with van der Waals surface area (Å²) >= 11 is 0. The second-order valence-electron chi connectivity index (χ2n) is 14.2. The van der Waals surface area contributed by atoms with Gasteiger partial charge in [0.1, 0.15) is 0 Å². The molecule has 0 aliphatic rings. The summed E-state index contributed by atoms with van der Waals surface area (Å²) in [6.07, 6.45) is 19.5. The van der Waals surface area contributed by atoms with E-state index in [2.05, 4.69) is 13.8 Å². The van der Waals surface area contributed by atoms with E-state index in [1.807, 2.05) is 13.8 Å². The molecule has 2 atom stereocenters. The second kappa shape index (κ2) is 28.5. The summed E-state index contributed by atoms with van der Waals surface area (Å²) in [6, 6.07) is 13.3. The quantitative estimate of drug-likeness (QED) is 0.0505. The van der Waals surface area contributed by atoms with Crippen LogP contribution in [-0.4, -0.2) is 68.7 Å². The Hall–Kier alpha value is -1.86. The molecule has 0 spiro atoms. The third-order valence-electron chi connectivity index (χ3n) is 9.36. The van der Waals surface area contributed by atoms with Crippen LogP contribution in [0.1, 0.15) is 141 Å². The van der Waals surface area contributed by atoms with Crippen molar-refractivity contribution in [2.75, 3.05) is 39.6 Å². The van der Waals surface area contributed by atoms with E-state index < -0.39 is 20.2 Å². The van der Waals surface area contributed by atoms with Crippen molar-refractivity contribution in [2.45, 2.75) is 165 Å². The minimum Gasteiger partial charge on any atom is -0.377 e. The van der Waals surface area contributed by atoms with Crippen molar-refractivity contribution in [3.63, 3.8) is 0 Å². The highest BCUT2D eigenvalue weighted by Gasteiger charge is 2.20. The van der Waals surface area contributed by atoms with Crippen molar-refractivity contribution in [2.24, 2.45) is 0 Å². The number of aryl methyl sites for hydroxylation is 2. The van der Waals surface area contributed by atoms with Crippen LogP contribution < -0.4 is 0 Å². The lowest BCUT2D eigenvalue weighted by atomic mass is 10.1. The highest BCUT2D eigenvalue weighted by Crippen LogP contribution is 2.19. The van der Waals surface area contributed by atoms with E-state index in [0.29, 0.717) is 26.1 Å². The standard InChI is InChI=1S/C42H70O9S2/c1-5-7-9-11-13-15-17-19-21-39(35-50-52(43,44)41-27-23-37(3)24-28-41)48-33-31-47-32-34-49-40(22-20-18-16-14-12-10-8-6-2)36-51-53(45,46)42-29-25-38(4)26-30-42/h23-30,39-40H,5-22,31-36H2,1-4H3/t39-,40-/m1/s1. The molecule has 0 bridgehead atoms. The lowest BCUT2D eigenvalue weighted by Crippen LogP contribution is -2.26. The zero-order valence-corrected chi connectivity index (χ0v) is 34.9. The molecule has 0 aromatic heterocycles. The van der Waals surface area contributed by atoms with Crippen molar-refractivity contribution in [1.82, 2.24) is 0 Å². The van der Waals surface area contributed by atoms with Crippen LogP contribution in [-0.2, 0) is 42.8 Å². The number of hydrogen-bond donors (Lipinski definition) is 0. The average molecular weight is 783 g/mol. The molecule has 0 unspecified atom stereocenters. The average Bonchev–Trinajstić information content (AvgIpc) is 3.14. The van der Waals surface area contributed by atoms with Crippen molar-refractivity contribution in [3.05, 3.63) is 59.7 Å². The summed E-state index contributed by atoms with van der Waals surface area (Å²) < 4.78 is 80.1. The van der Waals surface area contributed by atoms with Gasteiger partial charge in [-0.3, -0.25) is 8.37 Å². The van der Waals surface area contributed by atoms with Crippen molar-refractivity contribution in [1.29, 1.82) is 0 Å². The smallest absolute Gasteiger partial charge is 0.297 e. The number of ether oxygens (including phenoxy) is 3. The van der Waals surface area contributed by atoms with Gasteiger partial charge >= 0.3 is 0 Å². The lowest BCUT2D eigenvalue weighted by Gasteiger charge is -2.19. The van der Waals surface area contributed by atoms with Gasteiger partial charge in [0.05, 0.1) is 61.6 Å². The fraction of sp³-hybridized carbons (Fsp3) is 0.714. The molecule has 11 heteroatoms. The normalized spacial score (nSPS) is 13.4. The van der Waals surface area contributed by atoms with Crippen LogP contribution in [0.15, 0.2) is 58.3 Å². The highest BCUT2D eigenvalue weighted by molar-refractivity contribution is 7.87. The summed E-state index contributed by atoms with van der Waals surface area (Å²) in [5.41, 5.74) is 1.95. The maximum absolute atomic E-state index is 12.8. The molecular weight excluding hydrogens is 713 g/mol. The van der Waals surface area contributed by atoms with Gasteiger partial charge in [0.2, 0.25) is 0 Å². The van der Waals surface area contributed by atoms with Crippen LogP contribution in [0.25, 0.3) is 0 Å². The minimum atomic E-state index is -3.89. The first kappa shape index (κ1) is 47.3. The van der Waals surface area contributed by atoms with Crippen molar-refractivity contribution >= 4 is 20.2 Å². The van der Waals surface area contributed by atoms with E-state index in [9.17, 15) is 16.8 Å². The van der Waals surface area contributed by atoms with E-state index in [1.165, 1.54) is 64.2 Å². The summed E-state index contributed by atoms with van der Waals surface area (Å²) in [4.78, 5) is 0.271. The van der Waals surface area contributed by atoms with E-state index >= 15 is 0 Å². The molecule has 0 aliphatic heterocycles. The third kappa shape index (κ3) is 22.3. The van der Waals surface area contributed by atoms with Gasteiger partial charge in [-0.1, -0.05) is 152 Å². The van der Waals surface area contributed by atoms with Gasteiger partial charge in [-0.2, -0.15) is 16.8 Å². The van der Waals surface area contributed by atoms with Gasteiger partial charge in [0, 0.05) is 0 Å². The second-order valence-corrected chi connectivity index (χ2v) is 17.5. The summed E-state index contributed by atoms with van der Waals surface area (Å²) in [7, 11) is -7.79. The van der Waals surface area contributed by atoms with Crippen LogP contribution in [0.5, 0.6) is 0 Å². The molecule has 9 nitrogen and oxygen atoms in total. The summed E-state index contributed by atoms with van der Waals surface area (Å²) in [5, 5.41) is 0. The summed E-state index contributed by atoms with van der Waals surface area (Å²) in [5.74, 6) is 0.